The number of hydrogen-bond acceptors (Lipinski definition) is 5. The van der Waals surface area contributed by atoms with Gasteiger partial charge >= 0.3 is 0 Å². The van der Waals surface area contributed by atoms with Gasteiger partial charge in [-0.2, -0.15) is 0 Å². The summed E-state index contributed by atoms with van der Waals surface area (Å²) in [6.07, 6.45) is 9.49. The lowest BCUT2D eigenvalue weighted by molar-refractivity contribution is 0.204. The van der Waals surface area contributed by atoms with Crippen molar-refractivity contribution < 1.29 is 4.74 Å². The van der Waals surface area contributed by atoms with E-state index in [0.717, 1.165) is 56.4 Å². The summed E-state index contributed by atoms with van der Waals surface area (Å²) in [5, 5.41) is 8.33. The fraction of sp³-hybridized carbons (Fsp3) is 0.0714. The van der Waals surface area contributed by atoms with E-state index in [1.54, 1.807) is 0 Å². The Morgan fingerprint density at radius 2 is 1.21 bits per heavy atom. The molecule has 2 atom stereocenters. The highest BCUT2D eigenvalue weighted by atomic mass is 16.5. The number of rotatable bonds is 5. The van der Waals surface area contributed by atoms with Crippen LogP contribution in [0.4, 0.5) is 5.69 Å². The number of fused-ring (bicyclic) bond motifs is 5. The fourth-order valence-corrected chi connectivity index (χ4v) is 6.66. The zero-order chi connectivity index (χ0) is 31.2. The molecule has 6 aromatic carbocycles. The van der Waals surface area contributed by atoms with Gasteiger partial charge in [-0.25, -0.2) is 15.0 Å². The topological polar surface area (TPSA) is 59.9 Å². The van der Waals surface area contributed by atoms with Gasteiger partial charge in [-0.15, -0.1) is 0 Å². The van der Waals surface area contributed by atoms with E-state index in [1.165, 1.54) is 10.8 Å². The van der Waals surface area contributed by atoms with Crippen molar-refractivity contribution in [3.8, 4) is 51.0 Å². The maximum atomic E-state index is 6.42. The molecule has 224 valence electrons. The molecule has 0 amide bonds. The van der Waals surface area contributed by atoms with E-state index in [2.05, 4.69) is 121 Å². The molecule has 0 saturated carbocycles. The van der Waals surface area contributed by atoms with Crippen LogP contribution in [0.3, 0.4) is 0 Å². The van der Waals surface area contributed by atoms with Gasteiger partial charge < -0.3 is 10.1 Å². The zero-order valence-electron chi connectivity index (χ0n) is 25.5. The second-order valence-corrected chi connectivity index (χ2v) is 12.1. The Kier molecular flexibility index (Phi) is 6.60. The van der Waals surface area contributed by atoms with Crippen molar-refractivity contribution in [1.29, 1.82) is 0 Å². The van der Waals surface area contributed by atoms with Crippen molar-refractivity contribution in [3.63, 3.8) is 0 Å². The molecule has 2 aliphatic rings. The van der Waals surface area contributed by atoms with Crippen LogP contribution in [0.25, 0.3) is 66.8 Å². The minimum atomic E-state index is -0.0910. The molecule has 2 heterocycles. The normalized spacial score (nSPS) is 16.6. The summed E-state index contributed by atoms with van der Waals surface area (Å²) in [7, 11) is 0. The first-order valence-electron chi connectivity index (χ1n) is 16.0. The summed E-state index contributed by atoms with van der Waals surface area (Å²) in [5.74, 6) is 3.11. The molecular weight excluding hydrogens is 576 g/mol. The van der Waals surface area contributed by atoms with Gasteiger partial charge in [0, 0.05) is 28.0 Å². The number of anilines is 1. The van der Waals surface area contributed by atoms with Crippen LogP contribution in [0.5, 0.6) is 5.75 Å². The van der Waals surface area contributed by atoms with Crippen LogP contribution in [-0.2, 0) is 0 Å². The standard InChI is InChI=1S/C42H30N4O/c1-4-11-27(12-5-1)31-17-10-18-33(25-31)40-44-39(29-13-6-2-7-14-29)45-41(46-40)34-21-23-35-32(26-34)20-19-28-22-24-36-38(37(28)35)43-42(47-36)30-15-8-3-9-16-30/h1-15,17-26,30,42-43H,16H2. The van der Waals surface area contributed by atoms with E-state index in [4.69, 9.17) is 19.7 Å². The van der Waals surface area contributed by atoms with Crippen molar-refractivity contribution >= 4 is 27.2 Å². The van der Waals surface area contributed by atoms with Gasteiger partial charge in [-0.3, -0.25) is 0 Å². The number of nitrogens with zero attached hydrogens (tertiary/aromatic N) is 3. The first kappa shape index (κ1) is 27.3. The average molecular weight is 607 g/mol. The molecule has 0 radical (unpaired) electrons. The summed E-state index contributed by atoms with van der Waals surface area (Å²) < 4.78 is 6.42. The van der Waals surface area contributed by atoms with Crippen molar-refractivity contribution in [2.45, 2.75) is 12.6 Å². The lowest BCUT2D eigenvalue weighted by atomic mass is 9.97. The van der Waals surface area contributed by atoms with Crippen LogP contribution in [0.2, 0.25) is 0 Å². The first-order chi connectivity index (χ1) is 23.3. The highest BCUT2D eigenvalue weighted by molar-refractivity contribution is 6.15. The maximum absolute atomic E-state index is 6.42. The molecule has 5 heteroatoms. The molecule has 0 spiro atoms. The quantitative estimate of drug-likeness (QED) is 0.198. The van der Waals surface area contributed by atoms with E-state index in [1.807, 2.05) is 36.4 Å². The Hall–Kier alpha value is -6.07. The lowest BCUT2D eigenvalue weighted by Crippen LogP contribution is -2.29. The minimum absolute atomic E-state index is 0.0910. The predicted molar refractivity (Wildman–Crippen MR) is 191 cm³/mol. The van der Waals surface area contributed by atoms with Gasteiger partial charge in [0.05, 0.1) is 5.69 Å². The third-order valence-electron chi connectivity index (χ3n) is 9.06. The molecular formula is C42H30N4O. The number of ether oxygens (including phenoxy) is 1. The van der Waals surface area contributed by atoms with Gasteiger partial charge in [0.25, 0.3) is 0 Å². The SMILES string of the molecule is C1=CCC(C2Nc3c(ccc4ccc5cc(-c6nc(-c7ccccc7)nc(-c7cccc(-c8ccccc8)c7)n6)ccc5c34)O2)C=C1. The van der Waals surface area contributed by atoms with E-state index in [9.17, 15) is 0 Å². The van der Waals surface area contributed by atoms with Crippen molar-refractivity contribution in [1.82, 2.24) is 15.0 Å². The van der Waals surface area contributed by atoms with Crippen LogP contribution in [0.15, 0.2) is 152 Å². The van der Waals surface area contributed by atoms with E-state index >= 15 is 0 Å². The Morgan fingerprint density at radius 3 is 1.98 bits per heavy atom. The Labute approximate surface area is 273 Å². The first-order valence-corrected chi connectivity index (χ1v) is 16.0. The number of aromatic nitrogens is 3. The molecule has 1 aromatic heterocycles. The van der Waals surface area contributed by atoms with Crippen LogP contribution in [0, 0.1) is 5.92 Å². The summed E-state index contributed by atoms with van der Waals surface area (Å²) in [4.78, 5) is 15.0. The predicted octanol–water partition coefficient (Wildman–Crippen LogP) is 10.1. The van der Waals surface area contributed by atoms with Crippen LogP contribution in [0.1, 0.15) is 6.42 Å². The highest BCUT2D eigenvalue weighted by Gasteiger charge is 2.30. The zero-order valence-corrected chi connectivity index (χ0v) is 25.5. The smallest absolute Gasteiger partial charge is 0.176 e. The number of hydrogen-bond donors (Lipinski definition) is 1. The molecule has 2 unspecified atom stereocenters. The molecule has 1 aliphatic heterocycles. The second-order valence-electron chi connectivity index (χ2n) is 12.1. The summed E-state index contributed by atoms with van der Waals surface area (Å²) >= 11 is 0. The van der Waals surface area contributed by atoms with Crippen LogP contribution < -0.4 is 10.1 Å². The molecule has 1 N–H and O–H groups in total. The van der Waals surface area contributed by atoms with E-state index in [0.29, 0.717) is 17.5 Å². The van der Waals surface area contributed by atoms with Gasteiger partial charge in [0.15, 0.2) is 23.7 Å². The van der Waals surface area contributed by atoms with Crippen molar-refractivity contribution in [3.05, 3.63) is 152 Å². The van der Waals surface area contributed by atoms with Gasteiger partial charge in [-0.05, 0) is 51.9 Å². The number of nitrogens with one attached hydrogen (secondary N) is 1. The largest absolute Gasteiger partial charge is 0.468 e. The Bertz CT molecular complexity index is 2350. The Morgan fingerprint density at radius 1 is 0.553 bits per heavy atom. The maximum Gasteiger partial charge on any atom is 0.176 e. The van der Waals surface area contributed by atoms with Gasteiger partial charge in [0.2, 0.25) is 0 Å². The van der Waals surface area contributed by atoms with E-state index in [-0.39, 0.29) is 12.1 Å². The molecule has 7 aromatic rings. The summed E-state index contributed by atoms with van der Waals surface area (Å²) in [6, 6.07) is 44.0. The van der Waals surface area contributed by atoms with Gasteiger partial charge in [-0.1, -0.05) is 133 Å². The van der Waals surface area contributed by atoms with Gasteiger partial charge in [0.1, 0.15) is 5.75 Å². The fourth-order valence-electron chi connectivity index (χ4n) is 6.66. The summed E-state index contributed by atoms with van der Waals surface area (Å²) in [6.45, 7) is 0. The third kappa shape index (κ3) is 5.02. The molecule has 0 fully saturated rings. The highest BCUT2D eigenvalue weighted by Crippen LogP contribution is 2.44. The van der Waals surface area contributed by atoms with Crippen LogP contribution >= 0.6 is 0 Å². The monoisotopic (exact) mass is 606 g/mol. The summed E-state index contributed by atoms with van der Waals surface area (Å²) in [5.41, 5.74) is 6.15. The Balaban J connectivity index is 1.15. The third-order valence-corrected chi connectivity index (χ3v) is 9.06. The van der Waals surface area contributed by atoms with Crippen molar-refractivity contribution in [2.75, 3.05) is 5.32 Å². The second kappa shape index (κ2) is 11.4. The molecule has 47 heavy (non-hydrogen) atoms. The minimum Gasteiger partial charge on any atom is -0.468 e. The van der Waals surface area contributed by atoms with E-state index < -0.39 is 0 Å². The molecule has 0 bridgehead atoms. The van der Waals surface area contributed by atoms with Crippen molar-refractivity contribution in [2.24, 2.45) is 5.92 Å². The number of allylic oxidation sites excluding steroid dienone is 3. The van der Waals surface area contributed by atoms with Crippen LogP contribution in [-0.4, -0.2) is 21.2 Å². The average Bonchev–Trinajstić information content (AvgIpc) is 3.60. The number of benzene rings is 6. The molecule has 9 rings (SSSR count). The molecule has 5 nitrogen and oxygen atoms in total. The lowest BCUT2D eigenvalue weighted by Gasteiger charge is -2.20. The molecule has 0 saturated heterocycles. The molecule has 1 aliphatic carbocycles.